The first-order valence-electron chi connectivity index (χ1n) is 8.45. The molecule has 11 heteroatoms. The van der Waals surface area contributed by atoms with Gasteiger partial charge in [-0.15, -0.1) is 0 Å². The van der Waals surface area contributed by atoms with E-state index in [1.165, 1.54) is 12.1 Å². The Hall–Kier alpha value is -4.41. The third kappa shape index (κ3) is 3.10. The van der Waals surface area contributed by atoms with Crippen LogP contribution in [0.1, 0.15) is 5.56 Å². The van der Waals surface area contributed by atoms with Gasteiger partial charge in [-0.1, -0.05) is 18.2 Å². The Morgan fingerprint density at radius 1 is 0.966 bits per heavy atom. The van der Waals surface area contributed by atoms with E-state index in [0.29, 0.717) is 16.9 Å². The summed E-state index contributed by atoms with van der Waals surface area (Å²) in [5.74, 6) is -0.282. The number of hydrogen-bond donors (Lipinski definition) is 3. The minimum Gasteiger partial charge on any atom is -0.337 e. The van der Waals surface area contributed by atoms with Crippen molar-refractivity contribution >= 4 is 45.9 Å². The van der Waals surface area contributed by atoms with Crippen molar-refractivity contribution in [1.29, 1.82) is 0 Å². The van der Waals surface area contributed by atoms with Crippen molar-refractivity contribution < 1.29 is 13.8 Å². The average Bonchev–Trinajstić information content (AvgIpc) is 3.30. The van der Waals surface area contributed by atoms with E-state index in [0.717, 1.165) is 0 Å². The van der Waals surface area contributed by atoms with Gasteiger partial charge in [0.05, 0.1) is 5.69 Å². The molecular formula is C18H11FN8O2. The molecule has 1 aliphatic rings. The Balaban J connectivity index is 1.52. The first-order chi connectivity index (χ1) is 14.2. The molecule has 1 amide bonds. The van der Waals surface area contributed by atoms with Crippen LogP contribution in [-0.4, -0.2) is 31.9 Å². The molecule has 29 heavy (non-hydrogen) atoms. The Labute approximate surface area is 161 Å². The van der Waals surface area contributed by atoms with Crippen molar-refractivity contribution in [3.8, 4) is 0 Å². The summed E-state index contributed by atoms with van der Waals surface area (Å²) in [4.78, 5) is 20.8. The van der Waals surface area contributed by atoms with Gasteiger partial charge in [-0.25, -0.2) is 14.0 Å². The summed E-state index contributed by atoms with van der Waals surface area (Å²) in [6.45, 7) is 0. The van der Waals surface area contributed by atoms with E-state index < -0.39 is 0 Å². The van der Waals surface area contributed by atoms with Gasteiger partial charge in [0.15, 0.2) is 17.3 Å². The summed E-state index contributed by atoms with van der Waals surface area (Å²) < 4.78 is 17.8. The van der Waals surface area contributed by atoms with Gasteiger partial charge in [-0.05, 0) is 40.6 Å². The number of aromatic nitrogens is 4. The lowest BCUT2D eigenvalue weighted by atomic mass is 10.1. The van der Waals surface area contributed by atoms with Crippen molar-refractivity contribution in [3.05, 3.63) is 59.9 Å². The number of nitrogens with zero attached hydrogens (tertiary/aromatic N) is 5. The molecule has 0 fully saturated rings. The molecule has 142 valence electrons. The fourth-order valence-electron chi connectivity index (χ4n) is 2.80. The van der Waals surface area contributed by atoms with Crippen LogP contribution in [0.25, 0.3) is 11.3 Å². The topological polar surface area (TPSA) is 130 Å². The average molecular weight is 390 g/mol. The highest BCUT2D eigenvalue weighted by molar-refractivity contribution is 6.53. The number of hydrazone groups is 1. The summed E-state index contributed by atoms with van der Waals surface area (Å²) in [6, 6.07) is 12.9. The van der Waals surface area contributed by atoms with E-state index in [-0.39, 0.29) is 40.4 Å². The van der Waals surface area contributed by atoms with Crippen LogP contribution in [0, 0.1) is 5.82 Å². The molecule has 0 radical (unpaired) electrons. The maximum absolute atomic E-state index is 13.2. The van der Waals surface area contributed by atoms with Gasteiger partial charge in [0, 0.05) is 11.3 Å². The van der Waals surface area contributed by atoms with E-state index in [1.54, 1.807) is 24.3 Å². The van der Waals surface area contributed by atoms with Crippen molar-refractivity contribution in [1.82, 2.24) is 20.3 Å². The molecular weight excluding hydrogens is 379 g/mol. The molecule has 0 spiro atoms. The summed E-state index contributed by atoms with van der Waals surface area (Å²) in [6.07, 6.45) is 0. The Morgan fingerprint density at radius 3 is 2.48 bits per heavy atom. The van der Waals surface area contributed by atoms with Crippen LogP contribution in [0.4, 0.5) is 27.4 Å². The van der Waals surface area contributed by atoms with Crippen LogP contribution in [0.5, 0.6) is 0 Å². The highest BCUT2D eigenvalue weighted by Gasteiger charge is 2.25. The van der Waals surface area contributed by atoms with Gasteiger partial charge in [0.2, 0.25) is 11.3 Å². The minimum atomic E-state index is -0.367. The number of anilines is 4. The van der Waals surface area contributed by atoms with Crippen LogP contribution in [-0.2, 0) is 4.79 Å². The lowest BCUT2D eigenvalue weighted by Crippen LogP contribution is -2.16. The minimum absolute atomic E-state index is 0.161. The van der Waals surface area contributed by atoms with Gasteiger partial charge in [-0.3, -0.25) is 10.2 Å². The molecule has 0 aliphatic carbocycles. The van der Waals surface area contributed by atoms with Crippen LogP contribution in [0.2, 0.25) is 0 Å². The number of carbonyl (C=O) groups is 1. The molecule has 5 rings (SSSR count). The molecule has 0 bridgehead atoms. The molecule has 10 nitrogen and oxygen atoms in total. The van der Waals surface area contributed by atoms with Gasteiger partial charge in [-0.2, -0.15) is 10.1 Å². The van der Waals surface area contributed by atoms with Crippen LogP contribution in [0.3, 0.4) is 0 Å². The van der Waals surface area contributed by atoms with Crippen LogP contribution < -0.4 is 16.1 Å². The number of nitrogens with one attached hydrogen (secondary N) is 3. The Bertz CT molecular complexity index is 1270. The normalized spacial score (nSPS) is 14.1. The van der Waals surface area contributed by atoms with Crippen molar-refractivity contribution in [3.63, 3.8) is 0 Å². The second-order valence-corrected chi connectivity index (χ2v) is 6.04. The zero-order valence-corrected chi connectivity index (χ0v) is 14.5. The van der Waals surface area contributed by atoms with Gasteiger partial charge in [0.25, 0.3) is 5.91 Å². The summed E-state index contributed by atoms with van der Waals surface area (Å²) >= 11 is 0. The van der Waals surface area contributed by atoms with Crippen LogP contribution >= 0.6 is 0 Å². The Morgan fingerprint density at radius 2 is 1.69 bits per heavy atom. The third-order valence-electron chi connectivity index (χ3n) is 4.14. The zero-order chi connectivity index (χ0) is 19.8. The lowest BCUT2D eigenvalue weighted by molar-refractivity contribution is -0.110. The van der Waals surface area contributed by atoms with E-state index in [1.807, 2.05) is 12.1 Å². The van der Waals surface area contributed by atoms with Gasteiger partial charge in [0.1, 0.15) is 5.82 Å². The molecule has 2 aromatic heterocycles. The quantitative estimate of drug-likeness (QED) is 0.454. The SMILES string of the molecule is O=C1Nc2ccccc2/C1=N/Nc1nc2nonc2nc1Nc1ccc(F)cc1. The highest BCUT2D eigenvalue weighted by atomic mass is 19.1. The van der Waals surface area contributed by atoms with Crippen molar-refractivity contribution in [2.75, 3.05) is 16.1 Å². The van der Waals surface area contributed by atoms with Gasteiger partial charge < -0.3 is 10.6 Å². The molecule has 1 aliphatic heterocycles. The number of hydrogen-bond acceptors (Lipinski definition) is 9. The predicted molar refractivity (Wildman–Crippen MR) is 102 cm³/mol. The fraction of sp³-hybridized carbons (Fsp3) is 0. The second kappa shape index (κ2) is 6.64. The first-order valence-corrected chi connectivity index (χ1v) is 8.45. The number of fused-ring (bicyclic) bond motifs is 2. The number of benzene rings is 2. The first kappa shape index (κ1) is 16.7. The zero-order valence-electron chi connectivity index (χ0n) is 14.5. The molecule has 0 saturated carbocycles. The molecule has 0 unspecified atom stereocenters. The second-order valence-electron chi connectivity index (χ2n) is 6.04. The monoisotopic (exact) mass is 390 g/mol. The number of rotatable bonds is 4. The highest BCUT2D eigenvalue weighted by Crippen LogP contribution is 2.26. The summed E-state index contributed by atoms with van der Waals surface area (Å²) in [5.41, 5.74) is 5.19. The molecule has 0 atom stereocenters. The number of para-hydroxylation sites is 1. The standard InChI is InChI=1S/C18H11FN8O2/c19-9-5-7-10(8-6-9)20-14-15(23-17-16(22-14)26-29-27-17)25-24-13-11-3-1-2-4-12(11)21-18(13)28/h1-8H,(H,20,22,26)(H,21,24,28)(H,23,25,27). The van der Waals surface area contributed by atoms with E-state index in [4.69, 9.17) is 0 Å². The predicted octanol–water partition coefficient (Wildman–Crippen LogP) is 2.66. The number of amides is 1. The van der Waals surface area contributed by atoms with Crippen molar-refractivity contribution in [2.24, 2.45) is 5.10 Å². The molecule has 2 aromatic carbocycles. The molecule has 4 aromatic rings. The summed E-state index contributed by atoms with van der Waals surface area (Å²) in [7, 11) is 0. The maximum atomic E-state index is 13.2. The van der Waals surface area contributed by atoms with E-state index in [2.05, 4.69) is 46.1 Å². The number of halogens is 1. The fourth-order valence-corrected chi connectivity index (χ4v) is 2.80. The van der Waals surface area contributed by atoms with Crippen molar-refractivity contribution in [2.45, 2.75) is 0 Å². The summed E-state index contributed by atoms with van der Waals surface area (Å²) in [5, 5.41) is 17.3. The van der Waals surface area contributed by atoms with E-state index >= 15 is 0 Å². The smallest absolute Gasteiger partial charge is 0.276 e. The van der Waals surface area contributed by atoms with E-state index in [9.17, 15) is 9.18 Å². The molecule has 0 saturated heterocycles. The Kier molecular flexibility index (Phi) is 3.83. The van der Waals surface area contributed by atoms with Crippen LogP contribution in [0.15, 0.2) is 58.3 Å². The molecule has 3 heterocycles. The molecule has 3 N–H and O–H groups in total. The largest absolute Gasteiger partial charge is 0.337 e. The number of carbonyl (C=O) groups excluding carboxylic acids is 1. The third-order valence-corrected chi connectivity index (χ3v) is 4.14. The lowest BCUT2D eigenvalue weighted by Gasteiger charge is -2.09. The maximum Gasteiger partial charge on any atom is 0.276 e. The van der Waals surface area contributed by atoms with Gasteiger partial charge >= 0.3 is 0 Å².